The summed E-state index contributed by atoms with van der Waals surface area (Å²) in [5, 5.41) is 18.8. The number of hydrogen-bond donors (Lipinski definition) is 2. The van der Waals surface area contributed by atoms with Crippen molar-refractivity contribution in [1.82, 2.24) is 0 Å². The van der Waals surface area contributed by atoms with Gasteiger partial charge in [0.15, 0.2) is 0 Å². The van der Waals surface area contributed by atoms with Gasteiger partial charge in [-0.15, -0.1) is 0 Å². The molecular weight excluding hydrogens is 232 g/mol. The highest BCUT2D eigenvalue weighted by Crippen LogP contribution is 2.19. The average molecular weight is 262 g/mol. The van der Waals surface area contributed by atoms with Gasteiger partial charge >= 0.3 is 0 Å². The summed E-state index contributed by atoms with van der Waals surface area (Å²) in [6, 6.07) is 0. The van der Waals surface area contributed by atoms with E-state index < -0.39 is 5.60 Å². The number of aliphatic hydroxyl groups is 2. The highest BCUT2D eigenvalue weighted by atomic mass is 16.5. The maximum Gasteiger partial charge on any atom is 0.0877 e. The Morgan fingerprint density at radius 2 is 1.67 bits per heavy atom. The third-order valence-corrected chi connectivity index (χ3v) is 3.13. The van der Waals surface area contributed by atoms with Crippen LogP contribution in [0.1, 0.15) is 52.4 Å². The van der Waals surface area contributed by atoms with Crippen LogP contribution in [0.25, 0.3) is 0 Å². The Kier molecular flexibility index (Phi) is 11.8. The van der Waals surface area contributed by atoms with E-state index in [4.69, 9.17) is 14.6 Å². The number of rotatable bonds is 13. The second-order valence-electron chi connectivity index (χ2n) is 4.78. The van der Waals surface area contributed by atoms with E-state index in [1.165, 1.54) is 19.3 Å². The van der Waals surface area contributed by atoms with Crippen LogP contribution in [-0.4, -0.2) is 48.8 Å². The maximum absolute atomic E-state index is 10.3. The van der Waals surface area contributed by atoms with Crippen molar-refractivity contribution in [2.45, 2.75) is 58.0 Å². The first-order chi connectivity index (χ1) is 8.68. The van der Waals surface area contributed by atoms with Crippen molar-refractivity contribution in [2.24, 2.45) is 0 Å². The van der Waals surface area contributed by atoms with Crippen LogP contribution in [0.5, 0.6) is 0 Å². The molecule has 4 heteroatoms. The molecule has 2 N–H and O–H groups in total. The van der Waals surface area contributed by atoms with E-state index in [-0.39, 0.29) is 6.61 Å². The molecule has 0 amide bonds. The molecule has 0 radical (unpaired) electrons. The standard InChI is InChI=1S/C14H30O4/c1-3-5-6-7-8-14(16,4-2)13-18-12-11-17-10-9-15/h15-16H,3-13H2,1-2H3. The molecule has 18 heavy (non-hydrogen) atoms. The van der Waals surface area contributed by atoms with Crippen LogP contribution in [0, 0.1) is 0 Å². The second-order valence-corrected chi connectivity index (χ2v) is 4.78. The fourth-order valence-corrected chi connectivity index (χ4v) is 1.78. The molecule has 4 nitrogen and oxygen atoms in total. The molecule has 0 saturated heterocycles. The second kappa shape index (κ2) is 11.9. The summed E-state index contributed by atoms with van der Waals surface area (Å²) in [6.07, 6.45) is 6.21. The van der Waals surface area contributed by atoms with E-state index in [0.29, 0.717) is 26.4 Å². The van der Waals surface area contributed by atoms with Crippen molar-refractivity contribution in [3.05, 3.63) is 0 Å². The first kappa shape index (κ1) is 17.8. The smallest absolute Gasteiger partial charge is 0.0877 e. The summed E-state index contributed by atoms with van der Waals surface area (Å²) < 4.78 is 10.5. The monoisotopic (exact) mass is 262 g/mol. The van der Waals surface area contributed by atoms with Crippen LogP contribution < -0.4 is 0 Å². The molecular formula is C14H30O4. The first-order valence-corrected chi connectivity index (χ1v) is 7.17. The zero-order chi connectivity index (χ0) is 13.7. The lowest BCUT2D eigenvalue weighted by Gasteiger charge is -2.26. The molecule has 0 aromatic rings. The highest BCUT2D eigenvalue weighted by Gasteiger charge is 2.24. The van der Waals surface area contributed by atoms with Crippen LogP contribution in [0.3, 0.4) is 0 Å². The molecule has 0 aromatic carbocycles. The SMILES string of the molecule is CCCCCCC(O)(CC)COCCOCCO. The quantitative estimate of drug-likeness (QED) is 0.499. The Bertz CT molecular complexity index is 175. The Labute approximate surface area is 111 Å². The maximum atomic E-state index is 10.3. The molecule has 0 aliphatic rings. The molecule has 1 atom stereocenters. The van der Waals surface area contributed by atoms with E-state index in [2.05, 4.69) is 6.92 Å². The Morgan fingerprint density at radius 3 is 2.28 bits per heavy atom. The van der Waals surface area contributed by atoms with Gasteiger partial charge in [0.2, 0.25) is 0 Å². The van der Waals surface area contributed by atoms with Gasteiger partial charge in [0.1, 0.15) is 0 Å². The van der Waals surface area contributed by atoms with Crippen LogP contribution in [-0.2, 0) is 9.47 Å². The van der Waals surface area contributed by atoms with Crippen molar-refractivity contribution >= 4 is 0 Å². The lowest BCUT2D eigenvalue weighted by Crippen LogP contribution is -2.34. The van der Waals surface area contributed by atoms with E-state index in [1.807, 2.05) is 6.92 Å². The lowest BCUT2D eigenvalue weighted by atomic mass is 9.94. The molecule has 110 valence electrons. The number of aliphatic hydroxyl groups excluding tert-OH is 1. The number of unbranched alkanes of at least 4 members (excludes halogenated alkanes) is 3. The van der Waals surface area contributed by atoms with Crippen LogP contribution in [0.2, 0.25) is 0 Å². The van der Waals surface area contributed by atoms with Gasteiger partial charge < -0.3 is 19.7 Å². The molecule has 0 aliphatic heterocycles. The summed E-state index contributed by atoms with van der Waals surface area (Å²) in [7, 11) is 0. The minimum absolute atomic E-state index is 0.0380. The third-order valence-electron chi connectivity index (χ3n) is 3.13. The fourth-order valence-electron chi connectivity index (χ4n) is 1.78. The average Bonchev–Trinajstić information content (AvgIpc) is 2.39. The summed E-state index contributed by atoms with van der Waals surface area (Å²) in [4.78, 5) is 0. The predicted molar refractivity (Wildman–Crippen MR) is 72.7 cm³/mol. The largest absolute Gasteiger partial charge is 0.394 e. The molecule has 0 saturated carbocycles. The lowest BCUT2D eigenvalue weighted by molar-refractivity contribution is -0.0671. The summed E-state index contributed by atoms with van der Waals surface area (Å²) in [6.45, 7) is 5.87. The Morgan fingerprint density at radius 1 is 0.944 bits per heavy atom. The molecule has 0 aliphatic carbocycles. The van der Waals surface area contributed by atoms with Crippen molar-refractivity contribution in [3.8, 4) is 0 Å². The van der Waals surface area contributed by atoms with Gasteiger partial charge in [-0.05, 0) is 12.8 Å². The Hall–Kier alpha value is -0.160. The minimum atomic E-state index is -0.690. The van der Waals surface area contributed by atoms with Gasteiger partial charge in [0, 0.05) is 0 Å². The molecule has 0 fully saturated rings. The van der Waals surface area contributed by atoms with Crippen molar-refractivity contribution in [1.29, 1.82) is 0 Å². The van der Waals surface area contributed by atoms with Gasteiger partial charge in [0.05, 0.1) is 38.6 Å². The highest BCUT2D eigenvalue weighted by molar-refractivity contribution is 4.76. The van der Waals surface area contributed by atoms with Gasteiger partial charge in [-0.25, -0.2) is 0 Å². The third kappa shape index (κ3) is 9.83. The van der Waals surface area contributed by atoms with E-state index in [9.17, 15) is 5.11 Å². The molecule has 1 unspecified atom stereocenters. The molecule has 0 spiro atoms. The predicted octanol–water partition coefficient (Wildman–Crippen LogP) is 2.12. The van der Waals surface area contributed by atoms with E-state index in [1.54, 1.807) is 0 Å². The first-order valence-electron chi connectivity index (χ1n) is 7.17. The zero-order valence-corrected chi connectivity index (χ0v) is 12.0. The summed E-state index contributed by atoms with van der Waals surface area (Å²) in [5.74, 6) is 0. The molecule has 0 bridgehead atoms. The normalized spacial score (nSPS) is 14.7. The van der Waals surface area contributed by atoms with Gasteiger partial charge in [-0.2, -0.15) is 0 Å². The fraction of sp³-hybridized carbons (Fsp3) is 1.00. The van der Waals surface area contributed by atoms with Crippen LogP contribution in [0.4, 0.5) is 0 Å². The van der Waals surface area contributed by atoms with Crippen molar-refractivity contribution in [2.75, 3.05) is 33.0 Å². The number of ether oxygens (including phenoxy) is 2. The molecule has 0 aromatic heterocycles. The summed E-state index contributed by atoms with van der Waals surface area (Å²) in [5.41, 5.74) is -0.690. The van der Waals surface area contributed by atoms with Gasteiger partial charge in [0.25, 0.3) is 0 Å². The van der Waals surface area contributed by atoms with Crippen molar-refractivity contribution < 1.29 is 19.7 Å². The van der Waals surface area contributed by atoms with Gasteiger partial charge in [-0.1, -0.05) is 39.5 Å². The number of hydrogen-bond acceptors (Lipinski definition) is 4. The topological polar surface area (TPSA) is 58.9 Å². The molecule has 0 heterocycles. The van der Waals surface area contributed by atoms with E-state index >= 15 is 0 Å². The minimum Gasteiger partial charge on any atom is -0.394 e. The Balaban J connectivity index is 3.58. The van der Waals surface area contributed by atoms with Crippen LogP contribution in [0.15, 0.2) is 0 Å². The van der Waals surface area contributed by atoms with Crippen LogP contribution >= 0.6 is 0 Å². The van der Waals surface area contributed by atoms with Gasteiger partial charge in [-0.3, -0.25) is 0 Å². The van der Waals surface area contributed by atoms with E-state index in [0.717, 1.165) is 19.3 Å². The summed E-state index contributed by atoms with van der Waals surface area (Å²) >= 11 is 0. The molecule has 0 rings (SSSR count). The zero-order valence-electron chi connectivity index (χ0n) is 12.0. The van der Waals surface area contributed by atoms with Crippen molar-refractivity contribution in [3.63, 3.8) is 0 Å².